The summed E-state index contributed by atoms with van der Waals surface area (Å²) in [6.07, 6.45) is 0.773. The van der Waals surface area contributed by atoms with E-state index in [0.29, 0.717) is 4.90 Å². The number of rotatable bonds is 0. The van der Waals surface area contributed by atoms with Gasteiger partial charge in [0.05, 0.1) is 4.90 Å². The molecule has 0 fully saturated rings. The summed E-state index contributed by atoms with van der Waals surface area (Å²) in [5, 5.41) is 0. The summed E-state index contributed by atoms with van der Waals surface area (Å²) in [5.41, 5.74) is 0.911. The molecule has 70 valence electrons. The Labute approximate surface area is 77.8 Å². The Morgan fingerprint density at radius 3 is 2.85 bits per heavy atom. The lowest BCUT2D eigenvalue weighted by molar-refractivity contribution is 0.544. The van der Waals surface area contributed by atoms with Crippen LogP contribution in [0.25, 0.3) is 0 Å². The Bertz CT molecular complexity index is 425. The molecule has 4 heteroatoms. The van der Waals surface area contributed by atoms with Crippen molar-refractivity contribution in [2.75, 3.05) is 0 Å². The first-order chi connectivity index (χ1) is 6.09. The normalized spacial score (nSPS) is 25.2. The van der Waals surface area contributed by atoms with Crippen LogP contribution >= 0.6 is 0 Å². The Kier molecular flexibility index (Phi) is 1.89. The minimum Gasteiger partial charge on any atom is -0.208 e. The van der Waals surface area contributed by atoms with Gasteiger partial charge in [-0.15, -0.1) is 0 Å². The van der Waals surface area contributed by atoms with E-state index in [0.717, 1.165) is 12.0 Å². The smallest absolute Gasteiger partial charge is 0.208 e. The fourth-order valence-corrected chi connectivity index (χ4v) is 3.13. The van der Waals surface area contributed by atoms with E-state index in [1.807, 2.05) is 19.1 Å². The summed E-state index contributed by atoms with van der Waals surface area (Å²) in [6, 6.07) is 7.12. The highest BCUT2D eigenvalue weighted by atomic mass is 32.2. The topological polar surface area (TPSA) is 46.2 Å². The van der Waals surface area contributed by atoms with E-state index >= 15 is 0 Å². The molecule has 0 spiro atoms. The summed E-state index contributed by atoms with van der Waals surface area (Å²) in [5.74, 6) is 0. The number of hydrogen-bond acceptors (Lipinski definition) is 2. The van der Waals surface area contributed by atoms with E-state index in [1.165, 1.54) is 0 Å². The van der Waals surface area contributed by atoms with Gasteiger partial charge in [-0.2, -0.15) is 0 Å². The summed E-state index contributed by atoms with van der Waals surface area (Å²) in [4.78, 5) is 0.424. The van der Waals surface area contributed by atoms with Gasteiger partial charge in [-0.05, 0) is 25.0 Å². The van der Waals surface area contributed by atoms with Crippen molar-refractivity contribution in [3.8, 4) is 0 Å². The maximum Gasteiger partial charge on any atom is 0.241 e. The number of hydrogen-bond donors (Lipinski definition) is 1. The SMILES string of the molecule is CC1Cc2ccccc2S(=O)(=O)N1. The van der Waals surface area contributed by atoms with Crippen molar-refractivity contribution in [3.63, 3.8) is 0 Å². The van der Waals surface area contributed by atoms with Crippen LogP contribution in [0.2, 0.25) is 0 Å². The predicted octanol–water partition coefficient (Wildman–Crippen LogP) is 0.910. The van der Waals surface area contributed by atoms with Crippen molar-refractivity contribution in [1.82, 2.24) is 4.72 Å². The van der Waals surface area contributed by atoms with Crippen LogP contribution in [0, 0.1) is 0 Å². The molecule has 1 atom stereocenters. The molecule has 0 aromatic heterocycles. The van der Waals surface area contributed by atoms with Crippen LogP contribution in [0.4, 0.5) is 0 Å². The van der Waals surface area contributed by atoms with Gasteiger partial charge >= 0.3 is 0 Å². The van der Waals surface area contributed by atoms with Crippen molar-refractivity contribution < 1.29 is 8.42 Å². The maximum atomic E-state index is 11.6. The van der Waals surface area contributed by atoms with Crippen molar-refractivity contribution in [3.05, 3.63) is 29.8 Å². The Morgan fingerprint density at radius 2 is 2.08 bits per heavy atom. The molecule has 1 aromatic carbocycles. The molecular formula is C9H11NO2S. The fourth-order valence-electron chi connectivity index (χ4n) is 1.63. The Balaban J connectivity index is 2.63. The molecule has 1 unspecified atom stereocenters. The molecule has 0 aliphatic carbocycles. The lowest BCUT2D eigenvalue weighted by Crippen LogP contribution is -2.38. The minimum atomic E-state index is -3.24. The van der Waals surface area contributed by atoms with Gasteiger partial charge in [0.15, 0.2) is 0 Å². The molecule has 2 rings (SSSR count). The van der Waals surface area contributed by atoms with E-state index in [9.17, 15) is 8.42 Å². The number of fused-ring (bicyclic) bond motifs is 1. The third-order valence-electron chi connectivity index (χ3n) is 2.14. The maximum absolute atomic E-state index is 11.6. The van der Waals surface area contributed by atoms with Crippen LogP contribution in [0.5, 0.6) is 0 Å². The Hall–Kier alpha value is -0.870. The Morgan fingerprint density at radius 1 is 1.38 bits per heavy atom. The fraction of sp³-hybridized carbons (Fsp3) is 0.333. The zero-order valence-electron chi connectivity index (χ0n) is 7.32. The monoisotopic (exact) mass is 197 g/mol. The summed E-state index contributed by atoms with van der Waals surface area (Å²) in [6.45, 7) is 1.87. The first kappa shape index (κ1) is 8.72. The molecule has 13 heavy (non-hydrogen) atoms. The number of benzene rings is 1. The number of sulfonamides is 1. The summed E-state index contributed by atoms with van der Waals surface area (Å²) in [7, 11) is -3.24. The van der Waals surface area contributed by atoms with E-state index in [2.05, 4.69) is 4.72 Å². The molecule has 0 saturated carbocycles. The van der Waals surface area contributed by atoms with Crippen LogP contribution in [0.1, 0.15) is 12.5 Å². The van der Waals surface area contributed by atoms with Gasteiger partial charge in [0.1, 0.15) is 0 Å². The molecule has 0 radical (unpaired) electrons. The molecule has 1 N–H and O–H groups in total. The average Bonchev–Trinajstić information content (AvgIpc) is 2.02. The largest absolute Gasteiger partial charge is 0.241 e. The van der Waals surface area contributed by atoms with Crippen LogP contribution in [0.3, 0.4) is 0 Å². The van der Waals surface area contributed by atoms with Crippen LogP contribution < -0.4 is 4.72 Å². The first-order valence-electron chi connectivity index (χ1n) is 4.20. The third kappa shape index (κ3) is 1.47. The van der Waals surface area contributed by atoms with Crippen LogP contribution in [0.15, 0.2) is 29.2 Å². The molecule has 0 saturated heterocycles. The quantitative estimate of drug-likeness (QED) is 0.672. The summed E-state index contributed by atoms with van der Waals surface area (Å²) < 4.78 is 25.7. The lowest BCUT2D eigenvalue weighted by Gasteiger charge is -2.22. The molecule has 1 aromatic rings. The average molecular weight is 197 g/mol. The van der Waals surface area contributed by atoms with Crippen molar-refractivity contribution in [1.29, 1.82) is 0 Å². The van der Waals surface area contributed by atoms with E-state index in [1.54, 1.807) is 12.1 Å². The number of nitrogens with one attached hydrogen (secondary N) is 1. The predicted molar refractivity (Wildman–Crippen MR) is 49.9 cm³/mol. The molecular weight excluding hydrogens is 186 g/mol. The second kappa shape index (κ2) is 2.82. The highest BCUT2D eigenvalue weighted by Crippen LogP contribution is 2.21. The standard InChI is InChI=1S/C9H11NO2S/c1-7-6-8-4-2-3-5-9(8)13(11,12)10-7/h2-5,7,10H,6H2,1H3. The molecule has 0 amide bonds. The molecule has 1 aliphatic rings. The van der Waals surface area contributed by atoms with E-state index in [-0.39, 0.29) is 6.04 Å². The van der Waals surface area contributed by atoms with Crippen molar-refractivity contribution in [2.24, 2.45) is 0 Å². The second-order valence-corrected chi connectivity index (χ2v) is 5.02. The van der Waals surface area contributed by atoms with Crippen molar-refractivity contribution in [2.45, 2.75) is 24.3 Å². The van der Waals surface area contributed by atoms with Crippen molar-refractivity contribution >= 4 is 10.0 Å². The van der Waals surface area contributed by atoms with Crippen LogP contribution in [-0.2, 0) is 16.4 Å². The van der Waals surface area contributed by atoms with Gasteiger partial charge in [0.2, 0.25) is 10.0 Å². The van der Waals surface area contributed by atoms with Gasteiger partial charge in [-0.3, -0.25) is 0 Å². The van der Waals surface area contributed by atoms with E-state index < -0.39 is 10.0 Å². The van der Waals surface area contributed by atoms with Crippen LogP contribution in [-0.4, -0.2) is 14.5 Å². The second-order valence-electron chi connectivity index (χ2n) is 3.33. The van der Waals surface area contributed by atoms with Gasteiger partial charge in [0.25, 0.3) is 0 Å². The summed E-state index contributed by atoms with van der Waals surface area (Å²) >= 11 is 0. The highest BCUT2D eigenvalue weighted by molar-refractivity contribution is 7.89. The lowest BCUT2D eigenvalue weighted by atomic mass is 10.1. The molecule has 1 aliphatic heterocycles. The highest BCUT2D eigenvalue weighted by Gasteiger charge is 2.26. The minimum absolute atomic E-state index is 0.0000926. The van der Waals surface area contributed by atoms with E-state index in [4.69, 9.17) is 0 Å². The molecule has 1 heterocycles. The molecule has 0 bridgehead atoms. The zero-order valence-corrected chi connectivity index (χ0v) is 8.14. The zero-order chi connectivity index (χ0) is 9.47. The first-order valence-corrected chi connectivity index (χ1v) is 5.68. The molecule has 3 nitrogen and oxygen atoms in total. The third-order valence-corrected chi connectivity index (χ3v) is 3.83. The van der Waals surface area contributed by atoms with Gasteiger partial charge in [-0.25, -0.2) is 13.1 Å². The van der Waals surface area contributed by atoms with Gasteiger partial charge in [0, 0.05) is 6.04 Å². The van der Waals surface area contributed by atoms with Gasteiger partial charge < -0.3 is 0 Å². The van der Waals surface area contributed by atoms with Gasteiger partial charge in [-0.1, -0.05) is 18.2 Å².